The molecule has 1 amide bonds. The summed E-state index contributed by atoms with van der Waals surface area (Å²) in [6.07, 6.45) is 1.76. The van der Waals surface area contributed by atoms with Crippen LogP contribution >= 0.6 is 0 Å². The van der Waals surface area contributed by atoms with Gasteiger partial charge in [-0.25, -0.2) is 4.98 Å². The molecule has 0 bridgehead atoms. The molecular formula is C16H15N3O3. The lowest BCUT2D eigenvalue weighted by Crippen LogP contribution is -2.22. The van der Waals surface area contributed by atoms with Crippen LogP contribution in [0.1, 0.15) is 18.1 Å². The van der Waals surface area contributed by atoms with Crippen molar-refractivity contribution in [3.05, 3.63) is 54.2 Å². The molecule has 1 unspecified atom stereocenters. The molecule has 1 aromatic carbocycles. The Morgan fingerprint density at radius 1 is 1.27 bits per heavy atom. The molecular weight excluding hydrogens is 282 g/mol. The van der Waals surface area contributed by atoms with Gasteiger partial charge in [0.1, 0.15) is 17.3 Å². The van der Waals surface area contributed by atoms with Crippen LogP contribution in [0.25, 0.3) is 0 Å². The molecule has 3 rings (SSSR count). The second-order valence-corrected chi connectivity index (χ2v) is 4.78. The largest absolute Gasteiger partial charge is 0.495 e. The Hall–Kier alpha value is -2.89. The van der Waals surface area contributed by atoms with Crippen LogP contribution in [0.5, 0.6) is 5.75 Å². The summed E-state index contributed by atoms with van der Waals surface area (Å²) in [5.41, 5.74) is 1.35. The lowest BCUT2D eigenvalue weighted by Gasteiger charge is -2.07. The lowest BCUT2D eigenvalue weighted by molar-refractivity contribution is -0.110. The van der Waals surface area contributed by atoms with Gasteiger partial charge in [0, 0.05) is 6.42 Å². The standard InChI is InChI=1S/C16H15N3O3/c1-21-12-7-8-15(17-10-12)18-16(20)13-9-14(22-19-13)11-5-3-2-4-6-11/h2-8,10,14H,9H2,1H3,(H,17,18,20). The number of amides is 1. The van der Waals surface area contributed by atoms with E-state index in [1.54, 1.807) is 19.2 Å². The molecule has 112 valence electrons. The molecule has 0 aliphatic carbocycles. The van der Waals surface area contributed by atoms with Crippen LogP contribution in [0, 0.1) is 0 Å². The number of carbonyl (C=O) groups is 1. The molecule has 1 atom stereocenters. The molecule has 0 saturated heterocycles. The zero-order chi connectivity index (χ0) is 15.4. The Morgan fingerprint density at radius 3 is 2.77 bits per heavy atom. The first-order chi connectivity index (χ1) is 10.8. The highest BCUT2D eigenvalue weighted by Crippen LogP contribution is 2.27. The number of pyridine rings is 1. The zero-order valence-electron chi connectivity index (χ0n) is 12.0. The second kappa shape index (κ2) is 6.26. The number of anilines is 1. The fraction of sp³-hybridized carbons (Fsp3) is 0.188. The highest BCUT2D eigenvalue weighted by Gasteiger charge is 2.27. The normalized spacial score (nSPS) is 16.6. The minimum atomic E-state index is -0.309. The van der Waals surface area contributed by atoms with E-state index in [9.17, 15) is 4.79 Å². The third-order valence-corrected chi connectivity index (χ3v) is 3.32. The van der Waals surface area contributed by atoms with Gasteiger partial charge in [0.05, 0.1) is 13.3 Å². The van der Waals surface area contributed by atoms with Crippen molar-refractivity contribution in [1.82, 2.24) is 4.98 Å². The van der Waals surface area contributed by atoms with E-state index in [2.05, 4.69) is 15.5 Å². The molecule has 1 aliphatic heterocycles. The molecule has 1 aromatic heterocycles. The maximum absolute atomic E-state index is 12.2. The molecule has 6 nitrogen and oxygen atoms in total. The Bertz CT molecular complexity index is 684. The van der Waals surface area contributed by atoms with Crippen molar-refractivity contribution in [3.8, 4) is 5.75 Å². The third kappa shape index (κ3) is 3.06. The van der Waals surface area contributed by atoms with E-state index in [0.717, 1.165) is 5.56 Å². The van der Waals surface area contributed by atoms with E-state index in [0.29, 0.717) is 23.7 Å². The van der Waals surface area contributed by atoms with Crippen LogP contribution in [-0.4, -0.2) is 23.7 Å². The van der Waals surface area contributed by atoms with Gasteiger partial charge in [0.25, 0.3) is 5.91 Å². The molecule has 2 heterocycles. The molecule has 22 heavy (non-hydrogen) atoms. The molecule has 0 saturated carbocycles. The van der Waals surface area contributed by atoms with Crippen LogP contribution in [0.2, 0.25) is 0 Å². The van der Waals surface area contributed by atoms with Gasteiger partial charge in [-0.2, -0.15) is 0 Å². The highest BCUT2D eigenvalue weighted by molar-refractivity contribution is 6.43. The zero-order valence-corrected chi connectivity index (χ0v) is 12.0. The number of ether oxygens (including phenoxy) is 1. The molecule has 6 heteroatoms. The topological polar surface area (TPSA) is 72.8 Å². The number of aromatic nitrogens is 1. The lowest BCUT2D eigenvalue weighted by atomic mass is 10.0. The van der Waals surface area contributed by atoms with Crippen molar-refractivity contribution in [2.45, 2.75) is 12.5 Å². The number of nitrogens with zero attached hydrogens (tertiary/aromatic N) is 2. The summed E-state index contributed by atoms with van der Waals surface area (Å²) in [6, 6.07) is 13.1. The van der Waals surface area contributed by atoms with Crippen molar-refractivity contribution in [3.63, 3.8) is 0 Å². The number of carbonyl (C=O) groups excluding carboxylic acids is 1. The molecule has 0 spiro atoms. The Labute approximate surface area is 127 Å². The van der Waals surface area contributed by atoms with E-state index in [-0.39, 0.29) is 12.0 Å². The Kier molecular flexibility index (Phi) is 4.00. The maximum Gasteiger partial charge on any atom is 0.274 e. The second-order valence-electron chi connectivity index (χ2n) is 4.78. The molecule has 2 aromatic rings. The Morgan fingerprint density at radius 2 is 2.09 bits per heavy atom. The summed E-state index contributed by atoms with van der Waals surface area (Å²) < 4.78 is 5.02. The predicted molar refractivity (Wildman–Crippen MR) is 81.7 cm³/mol. The van der Waals surface area contributed by atoms with Crippen molar-refractivity contribution in [2.24, 2.45) is 5.16 Å². The van der Waals surface area contributed by atoms with Crippen LogP contribution in [0.3, 0.4) is 0 Å². The number of hydrogen-bond donors (Lipinski definition) is 1. The van der Waals surface area contributed by atoms with Gasteiger partial charge in [-0.1, -0.05) is 35.5 Å². The number of benzene rings is 1. The minimum Gasteiger partial charge on any atom is -0.495 e. The van der Waals surface area contributed by atoms with Crippen LogP contribution in [0.15, 0.2) is 53.8 Å². The average Bonchev–Trinajstić information content (AvgIpc) is 3.06. The monoisotopic (exact) mass is 297 g/mol. The molecule has 1 aliphatic rings. The summed E-state index contributed by atoms with van der Waals surface area (Å²) in [7, 11) is 1.56. The van der Waals surface area contributed by atoms with Gasteiger partial charge in [0.2, 0.25) is 0 Å². The fourth-order valence-corrected chi connectivity index (χ4v) is 2.12. The van der Waals surface area contributed by atoms with Crippen molar-refractivity contribution in [2.75, 3.05) is 12.4 Å². The van der Waals surface area contributed by atoms with E-state index in [1.807, 2.05) is 30.3 Å². The van der Waals surface area contributed by atoms with Gasteiger partial charge >= 0.3 is 0 Å². The summed E-state index contributed by atoms with van der Waals surface area (Å²) in [6.45, 7) is 0. The SMILES string of the molecule is COc1ccc(NC(=O)C2=NOC(c3ccccc3)C2)nc1. The number of nitrogens with one attached hydrogen (secondary N) is 1. The highest BCUT2D eigenvalue weighted by atomic mass is 16.6. The average molecular weight is 297 g/mol. The first-order valence-electron chi connectivity index (χ1n) is 6.85. The van der Waals surface area contributed by atoms with E-state index in [4.69, 9.17) is 9.57 Å². The summed E-state index contributed by atoms with van der Waals surface area (Å²) in [5.74, 6) is 0.761. The van der Waals surface area contributed by atoms with Crippen LogP contribution in [-0.2, 0) is 9.63 Å². The van der Waals surface area contributed by atoms with Gasteiger partial charge in [0.15, 0.2) is 6.10 Å². The number of rotatable bonds is 4. The van der Waals surface area contributed by atoms with Gasteiger partial charge < -0.3 is 14.9 Å². The first-order valence-corrected chi connectivity index (χ1v) is 6.85. The molecule has 1 N–H and O–H groups in total. The van der Waals surface area contributed by atoms with E-state index >= 15 is 0 Å². The van der Waals surface area contributed by atoms with E-state index in [1.165, 1.54) is 6.20 Å². The number of oxime groups is 1. The molecule has 0 fully saturated rings. The predicted octanol–water partition coefficient (Wildman–Crippen LogP) is 2.55. The first kappa shape index (κ1) is 14.1. The van der Waals surface area contributed by atoms with Crippen LogP contribution < -0.4 is 10.1 Å². The van der Waals surface area contributed by atoms with Gasteiger partial charge in [-0.3, -0.25) is 4.79 Å². The van der Waals surface area contributed by atoms with E-state index < -0.39 is 0 Å². The summed E-state index contributed by atoms with van der Waals surface area (Å²) in [5, 5.41) is 6.57. The van der Waals surface area contributed by atoms with Gasteiger partial charge in [-0.05, 0) is 17.7 Å². The third-order valence-electron chi connectivity index (χ3n) is 3.32. The molecule has 0 radical (unpaired) electrons. The minimum absolute atomic E-state index is 0.217. The Balaban J connectivity index is 1.61. The summed E-state index contributed by atoms with van der Waals surface area (Å²) >= 11 is 0. The quantitative estimate of drug-likeness (QED) is 0.941. The van der Waals surface area contributed by atoms with Crippen molar-refractivity contribution >= 4 is 17.4 Å². The van der Waals surface area contributed by atoms with Crippen LogP contribution in [0.4, 0.5) is 5.82 Å². The fourth-order valence-electron chi connectivity index (χ4n) is 2.12. The maximum atomic E-state index is 12.2. The van der Waals surface area contributed by atoms with Crippen molar-refractivity contribution < 1.29 is 14.4 Å². The number of hydrogen-bond acceptors (Lipinski definition) is 5. The smallest absolute Gasteiger partial charge is 0.274 e. The number of methoxy groups -OCH3 is 1. The van der Waals surface area contributed by atoms with Gasteiger partial charge in [-0.15, -0.1) is 0 Å². The van der Waals surface area contributed by atoms with Crippen molar-refractivity contribution in [1.29, 1.82) is 0 Å². The summed E-state index contributed by atoms with van der Waals surface area (Å²) in [4.78, 5) is 21.6.